The number of fused-ring (bicyclic) bond motifs is 1. The molecular weight excluding hydrogens is 462 g/mol. The molecule has 0 fully saturated rings. The molecule has 4 rings (SSSR count). The van der Waals surface area contributed by atoms with Crippen LogP contribution in [0.3, 0.4) is 0 Å². The second-order valence-electron chi connectivity index (χ2n) is 8.05. The van der Waals surface area contributed by atoms with Gasteiger partial charge in [-0.2, -0.15) is 0 Å². The summed E-state index contributed by atoms with van der Waals surface area (Å²) < 4.78 is 12.2. The largest absolute Gasteiger partial charge is 0.493 e. The van der Waals surface area contributed by atoms with Gasteiger partial charge in [-0.05, 0) is 54.8 Å². The van der Waals surface area contributed by atoms with Crippen molar-refractivity contribution in [2.24, 2.45) is 0 Å². The standard InChI is InChI=1S/C27H27N3O4S/c1-17-8-7-9-18(2)25(17)30-26(32)20-10-5-6-11-21(20)29-27(30)35-16-24(31)28-15-19-12-13-22(33-3)23(14-19)34-4/h5-14H,15-16H2,1-4H3,(H,28,31). The second kappa shape index (κ2) is 10.7. The fourth-order valence-corrected chi connectivity index (χ4v) is 4.77. The van der Waals surface area contributed by atoms with Gasteiger partial charge >= 0.3 is 0 Å². The number of aromatic nitrogens is 2. The quantitative estimate of drug-likeness (QED) is 0.291. The number of ether oxygens (including phenoxy) is 2. The number of benzene rings is 3. The molecule has 0 spiro atoms. The number of amides is 1. The molecule has 7 nitrogen and oxygen atoms in total. The van der Waals surface area contributed by atoms with Crippen LogP contribution in [-0.2, 0) is 11.3 Å². The van der Waals surface area contributed by atoms with E-state index in [2.05, 4.69) is 5.32 Å². The maximum atomic E-state index is 13.5. The molecule has 0 saturated heterocycles. The summed E-state index contributed by atoms with van der Waals surface area (Å²) in [4.78, 5) is 30.9. The van der Waals surface area contributed by atoms with Gasteiger partial charge in [0.1, 0.15) is 0 Å². The molecule has 8 heteroatoms. The van der Waals surface area contributed by atoms with Crippen molar-refractivity contribution in [1.82, 2.24) is 14.9 Å². The fourth-order valence-electron chi connectivity index (χ4n) is 3.94. The van der Waals surface area contributed by atoms with Crippen molar-refractivity contribution < 1.29 is 14.3 Å². The molecule has 1 N–H and O–H groups in total. The molecule has 0 atom stereocenters. The van der Waals surface area contributed by atoms with Crippen LogP contribution < -0.4 is 20.3 Å². The van der Waals surface area contributed by atoms with Crippen LogP contribution in [-0.4, -0.2) is 35.4 Å². The van der Waals surface area contributed by atoms with Gasteiger partial charge in [-0.25, -0.2) is 4.98 Å². The Morgan fingerprint density at radius 2 is 1.69 bits per heavy atom. The van der Waals surface area contributed by atoms with Gasteiger partial charge in [-0.15, -0.1) is 0 Å². The maximum absolute atomic E-state index is 13.5. The molecular formula is C27H27N3O4S. The topological polar surface area (TPSA) is 82.5 Å². The lowest BCUT2D eigenvalue weighted by atomic mass is 10.1. The van der Waals surface area contributed by atoms with Gasteiger partial charge in [0.15, 0.2) is 16.7 Å². The molecule has 3 aromatic carbocycles. The van der Waals surface area contributed by atoms with Crippen molar-refractivity contribution >= 4 is 28.6 Å². The van der Waals surface area contributed by atoms with Crippen LogP contribution in [0.4, 0.5) is 0 Å². The van der Waals surface area contributed by atoms with Crippen molar-refractivity contribution in [2.75, 3.05) is 20.0 Å². The van der Waals surface area contributed by atoms with Gasteiger partial charge in [0.2, 0.25) is 5.91 Å². The number of carbonyl (C=O) groups excluding carboxylic acids is 1. The first-order valence-electron chi connectivity index (χ1n) is 11.1. The van der Waals surface area contributed by atoms with Crippen LogP contribution >= 0.6 is 11.8 Å². The van der Waals surface area contributed by atoms with Gasteiger partial charge in [-0.3, -0.25) is 14.2 Å². The van der Waals surface area contributed by atoms with E-state index in [1.54, 1.807) is 30.9 Å². The zero-order chi connectivity index (χ0) is 24.9. The molecule has 180 valence electrons. The average Bonchev–Trinajstić information content (AvgIpc) is 2.87. The Hall–Kier alpha value is -3.78. The van der Waals surface area contributed by atoms with Crippen LogP contribution in [0.5, 0.6) is 11.5 Å². The van der Waals surface area contributed by atoms with E-state index >= 15 is 0 Å². The Morgan fingerprint density at radius 1 is 0.971 bits per heavy atom. The lowest BCUT2D eigenvalue weighted by Gasteiger charge is -2.17. The Kier molecular flexibility index (Phi) is 7.41. The summed E-state index contributed by atoms with van der Waals surface area (Å²) >= 11 is 1.24. The first-order valence-corrected chi connectivity index (χ1v) is 12.1. The number of carbonyl (C=O) groups is 1. The molecule has 0 saturated carbocycles. The number of nitrogens with zero attached hydrogens (tertiary/aromatic N) is 2. The van der Waals surface area contributed by atoms with E-state index in [9.17, 15) is 9.59 Å². The van der Waals surface area contributed by atoms with E-state index in [1.165, 1.54) is 11.8 Å². The molecule has 1 aromatic heterocycles. The highest BCUT2D eigenvalue weighted by molar-refractivity contribution is 7.99. The monoisotopic (exact) mass is 489 g/mol. The fraction of sp³-hybridized carbons (Fsp3) is 0.222. The van der Waals surface area contributed by atoms with Crippen molar-refractivity contribution in [1.29, 1.82) is 0 Å². The van der Waals surface area contributed by atoms with Crippen LogP contribution in [0.25, 0.3) is 16.6 Å². The Labute approximate surface area is 208 Å². The zero-order valence-electron chi connectivity index (χ0n) is 20.1. The molecule has 0 bridgehead atoms. The predicted octanol–water partition coefficient (Wildman–Crippen LogP) is 4.43. The van der Waals surface area contributed by atoms with Crippen molar-refractivity contribution in [2.45, 2.75) is 25.5 Å². The highest BCUT2D eigenvalue weighted by atomic mass is 32.2. The second-order valence-corrected chi connectivity index (χ2v) is 8.99. The molecule has 35 heavy (non-hydrogen) atoms. The lowest BCUT2D eigenvalue weighted by molar-refractivity contribution is -0.118. The van der Waals surface area contributed by atoms with E-state index in [0.29, 0.717) is 34.1 Å². The highest BCUT2D eigenvalue weighted by Crippen LogP contribution is 2.28. The van der Waals surface area contributed by atoms with Crippen LogP contribution in [0.15, 0.2) is 70.6 Å². The van der Waals surface area contributed by atoms with Crippen LogP contribution in [0.1, 0.15) is 16.7 Å². The SMILES string of the molecule is COc1ccc(CNC(=O)CSc2nc3ccccc3c(=O)n2-c2c(C)cccc2C)cc1OC. The molecule has 0 aliphatic carbocycles. The Balaban J connectivity index is 1.58. The highest BCUT2D eigenvalue weighted by Gasteiger charge is 2.17. The number of hydrogen-bond donors (Lipinski definition) is 1. The first-order chi connectivity index (χ1) is 16.9. The molecule has 1 amide bonds. The third kappa shape index (κ3) is 5.17. The molecule has 0 unspecified atom stereocenters. The van der Waals surface area contributed by atoms with Crippen molar-refractivity contribution in [3.8, 4) is 17.2 Å². The van der Waals surface area contributed by atoms with Gasteiger partial charge < -0.3 is 14.8 Å². The van der Waals surface area contributed by atoms with E-state index in [0.717, 1.165) is 22.4 Å². The summed E-state index contributed by atoms with van der Waals surface area (Å²) in [5.41, 5.74) is 4.06. The summed E-state index contributed by atoms with van der Waals surface area (Å²) in [7, 11) is 3.15. The summed E-state index contributed by atoms with van der Waals surface area (Å²) in [5, 5.41) is 3.94. The molecule has 0 aliphatic heterocycles. The molecule has 4 aromatic rings. The minimum atomic E-state index is -0.166. The number of methoxy groups -OCH3 is 2. The summed E-state index contributed by atoms with van der Waals surface area (Å²) in [5.74, 6) is 1.18. The number of hydrogen-bond acceptors (Lipinski definition) is 6. The van der Waals surface area contributed by atoms with Crippen molar-refractivity contribution in [3.63, 3.8) is 0 Å². The third-order valence-electron chi connectivity index (χ3n) is 5.68. The number of nitrogens with one attached hydrogen (secondary N) is 1. The Bertz CT molecular complexity index is 1430. The van der Waals surface area contributed by atoms with E-state index in [-0.39, 0.29) is 17.2 Å². The van der Waals surface area contributed by atoms with Gasteiger partial charge in [0, 0.05) is 6.54 Å². The normalized spacial score (nSPS) is 10.9. The predicted molar refractivity (Wildman–Crippen MR) is 139 cm³/mol. The summed E-state index contributed by atoms with van der Waals surface area (Å²) in [6.07, 6.45) is 0. The van der Waals surface area contributed by atoms with Crippen LogP contribution in [0.2, 0.25) is 0 Å². The number of para-hydroxylation sites is 2. The summed E-state index contributed by atoms with van der Waals surface area (Å²) in [6.45, 7) is 4.27. The van der Waals surface area contributed by atoms with Gasteiger partial charge in [-0.1, -0.05) is 48.2 Å². The van der Waals surface area contributed by atoms with E-state index in [4.69, 9.17) is 14.5 Å². The number of aryl methyl sites for hydroxylation is 2. The summed E-state index contributed by atoms with van der Waals surface area (Å²) in [6, 6.07) is 18.7. The molecule has 0 radical (unpaired) electrons. The third-order valence-corrected chi connectivity index (χ3v) is 6.62. The van der Waals surface area contributed by atoms with Crippen molar-refractivity contribution in [3.05, 3.63) is 87.7 Å². The van der Waals surface area contributed by atoms with E-state index < -0.39 is 0 Å². The molecule has 1 heterocycles. The molecule has 0 aliphatic rings. The maximum Gasteiger partial charge on any atom is 0.266 e. The van der Waals surface area contributed by atoms with Crippen LogP contribution in [0, 0.1) is 13.8 Å². The lowest BCUT2D eigenvalue weighted by Crippen LogP contribution is -2.26. The van der Waals surface area contributed by atoms with E-state index in [1.807, 2.05) is 62.4 Å². The number of rotatable bonds is 8. The van der Waals surface area contributed by atoms with Gasteiger partial charge in [0.25, 0.3) is 5.56 Å². The first kappa shape index (κ1) is 24.3. The Morgan fingerprint density at radius 3 is 2.40 bits per heavy atom. The minimum absolute atomic E-state index is 0.114. The average molecular weight is 490 g/mol. The number of thioether (sulfide) groups is 1. The smallest absolute Gasteiger partial charge is 0.266 e. The zero-order valence-corrected chi connectivity index (χ0v) is 20.9. The minimum Gasteiger partial charge on any atom is -0.493 e. The van der Waals surface area contributed by atoms with Gasteiger partial charge in [0.05, 0.1) is 36.6 Å².